The Morgan fingerprint density at radius 3 is 2.59 bits per heavy atom. The lowest BCUT2D eigenvalue weighted by molar-refractivity contribution is -0.0535. The Hall–Kier alpha value is -0.860. The molecule has 0 aromatic carbocycles. The molecule has 0 bridgehead atoms. The van der Waals surface area contributed by atoms with E-state index in [2.05, 4.69) is 39.8 Å². The zero-order valence-corrected chi connectivity index (χ0v) is 15.0. The lowest BCUT2D eigenvalue weighted by Gasteiger charge is -2.36. The number of aliphatic hydroxyl groups excluding tert-OH is 1. The van der Waals surface area contributed by atoms with Crippen LogP contribution in [0.1, 0.15) is 73.1 Å². The van der Waals surface area contributed by atoms with Gasteiger partial charge in [-0.05, 0) is 73.1 Å². The summed E-state index contributed by atoms with van der Waals surface area (Å²) in [6.45, 7) is 10.3. The maximum absolute atomic E-state index is 10.9. The van der Waals surface area contributed by atoms with Crippen LogP contribution in [0.3, 0.4) is 0 Å². The molecule has 0 fully saturated rings. The van der Waals surface area contributed by atoms with E-state index in [-0.39, 0.29) is 5.92 Å². The lowest BCUT2D eigenvalue weighted by Crippen LogP contribution is -2.41. The summed E-state index contributed by atoms with van der Waals surface area (Å²) in [6, 6.07) is 0. The molecule has 1 aliphatic carbocycles. The highest BCUT2D eigenvalue weighted by molar-refractivity contribution is 5.10. The minimum absolute atomic E-state index is 0.116. The molecule has 1 rings (SSSR count). The first kappa shape index (κ1) is 19.2. The molecule has 2 N–H and O–H groups in total. The van der Waals surface area contributed by atoms with Gasteiger partial charge in [-0.25, -0.2) is 0 Å². The minimum Gasteiger partial charge on any atom is -0.390 e. The standard InChI is InChI=1S/C20H34O2/c1-15(2)8-7-13-20(5,22)18-12-11-16(3)9-6-10-17(4)14-19(18)21/h8-9,14,18-19,21-22H,6-7,10-13H2,1-5H3/b16-9+,17-14+/t18-,19+,20?/m1/s1. The van der Waals surface area contributed by atoms with E-state index in [0.29, 0.717) is 6.42 Å². The smallest absolute Gasteiger partial charge is 0.0779 e. The first-order chi connectivity index (χ1) is 10.2. The van der Waals surface area contributed by atoms with Crippen molar-refractivity contribution >= 4 is 0 Å². The number of aliphatic hydroxyl groups is 2. The molecule has 0 aliphatic heterocycles. The average Bonchev–Trinajstić information content (AvgIpc) is 2.37. The van der Waals surface area contributed by atoms with Crippen molar-refractivity contribution in [2.24, 2.45) is 5.92 Å². The van der Waals surface area contributed by atoms with E-state index in [1.54, 1.807) is 0 Å². The van der Waals surface area contributed by atoms with Crippen LogP contribution in [0.4, 0.5) is 0 Å². The molecule has 2 nitrogen and oxygen atoms in total. The van der Waals surface area contributed by atoms with E-state index in [1.807, 2.05) is 13.0 Å². The summed E-state index contributed by atoms with van der Waals surface area (Å²) >= 11 is 0. The summed E-state index contributed by atoms with van der Waals surface area (Å²) in [4.78, 5) is 0. The molecular weight excluding hydrogens is 272 g/mol. The molecule has 3 atom stereocenters. The molecule has 0 aromatic heterocycles. The average molecular weight is 306 g/mol. The zero-order chi connectivity index (χ0) is 16.8. The van der Waals surface area contributed by atoms with E-state index >= 15 is 0 Å². The maximum Gasteiger partial charge on any atom is 0.0779 e. The van der Waals surface area contributed by atoms with Crippen LogP contribution in [0.2, 0.25) is 0 Å². The van der Waals surface area contributed by atoms with Crippen molar-refractivity contribution in [1.29, 1.82) is 0 Å². The van der Waals surface area contributed by atoms with Gasteiger partial charge in [-0.1, -0.05) is 34.9 Å². The monoisotopic (exact) mass is 306 g/mol. The Morgan fingerprint density at radius 2 is 1.95 bits per heavy atom. The highest BCUT2D eigenvalue weighted by Gasteiger charge is 2.35. The van der Waals surface area contributed by atoms with Gasteiger partial charge in [-0.15, -0.1) is 0 Å². The van der Waals surface area contributed by atoms with Gasteiger partial charge in [0.2, 0.25) is 0 Å². The molecule has 0 aromatic rings. The van der Waals surface area contributed by atoms with Crippen LogP contribution in [0.15, 0.2) is 34.9 Å². The Kier molecular flexibility index (Phi) is 7.58. The molecule has 0 heterocycles. The second-order valence-electron chi connectivity index (χ2n) is 7.42. The van der Waals surface area contributed by atoms with Gasteiger partial charge in [0.05, 0.1) is 11.7 Å². The Morgan fingerprint density at radius 1 is 1.27 bits per heavy atom. The first-order valence-electron chi connectivity index (χ1n) is 8.59. The molecule has 22 heavy (non-hydrogen) atoms. The van der Waals surface area contributed by atoms with Crippen LogP contribution in [-0.4, -0.2) is 21.9 Å². The molecule has 2 heteroatoms. The van der Waals surface area contributed by atoms with E-state index in [0.717, 1.165) is 32.1 Å². The van der Waals surface area contributed by atoms with Gasteiger partial charge in [0.1, 0.15) is 0 Å². The van der Waals surface area contributed by atoms with Gasteiger partial charge < -0.3 is 10.2 Å². The maximum atomic E-state index is 10.9. The molecule has 0 saturated heterocycles. The highest BCUT2D eigenvalue weighted by Crippen LogP contribution is 2.33. The van der Waals surface area contributed by atoms with E-state index < -0.39 is 11.7 Å². The van der Waals surface area contributed by atoms with Gasteiger partial charge in [0.15, 0.2) is 0 Å². The zero-order valence-electron chi connectivity index (χ0n) is 15.0. The molecule has 0 spiro atoms. The largest absolute Gasteiger partial charge is 0.390 e. The SMILES string of the molecule is CC(C)=CCCC(C)(O)[C@@H]1CC/C(C)=C/CC/C(C)=C/[C@@H]1O. The Balaban J connectivity index is 2.89. The third-order valence-electron chi connectivity index (χ3n) is 4.75. The summed E-state index contributed by atoms with van der Waals surface area (Å²) in [5.41, 5.74) is 3.01. The van der Waals surface area contributed by atoms with Crippen molar-refractivity contribution in [3.05, 3.63) is 34.9 Å². The number of hydrogen-bond donors (Lipinski definition) is 2. The molecule has 0 radical (unpaired) electrons. The van der Waals surface area contributed by atoms with Crippen molar-refractivity contribution in [3.8, 4) is 0 Å². The van der Waals surface area contributed by atoms with Crippen LogP contribution < -0.4 is 0 Å². The number of allylic oxidation sites excluding steroid dienone is 5. The third kappa shape index (κ3) is 6.50. The molecule has 0 amide bonds. The normalized spacial score (nSPS) is 31.2. The van der Waals surface area contributed by atoms with Crippen LogP contribution in [0.5, 0.6) is 0 Å². The lowest BCUT2D eigenvalue weighted by atomic mass is 9.77. The van der Waals surface area contributed by atoms with Crippen molar-refractivity contribution in [2.75, 3.05) is 0 Å². The molecule has 1 unspecified atom stereocenters. The van der Waals surface area contributed by atoms with Gasteiger partial charge in [0.25, 0.3) is 0 Å². The topological polar surface area (TPSA) is 40.5 Å². The predicted octanol–water partition coefficient (Wildman–Crippen LogP) is 4.93. The molecule has 126 valence electrons. The van der Waals surface area contributed by atoms with Crippen molar-refractivity contribution in [3.63, 3.8) is 0 Å². The van der Waals surface area contributed by atoms with Crippen LogP contribution in [0, 0.1) is 5.92 Å². The molecule has 0 saturated carbocycles. The van der Waals surface area contributed by atoms with Crippen molar-refractivity contribution in [2.45, 2.75) is 84.8 Å². The van der Waals surface area contributed by atoms with Crippen LogP contribution in [0.25, 0.3) is 0 Å². The fourth-order valence-electron chi connectivity index (χ4n) is 3.21. The van der Waals surface area contributed by atoms with E-state index in [4.69, 9.17) is 0 Å². The first-order valence-corrected chi connectivity index (χ1v) is 8.59. The van der Waals surface area contributed by atoms with Gasteiger partial charge in [0, 0.05) is 5.92 Å². The van der Waals surface area contributed by atoms with Gasteiger partial charge in [-0.2, -0.15) is 0 Å². The Labute approximate surface area is 136 Å². The van der Waals surface area contributed by atoms with E-state index in [9.17, 15) is 10.2 Å². The fourth-order valence-corrected chi connectivity index (χ4v) is 3.21. The Bertz CT molecular complexity index is 437. The molecular formula is C20H34O2. The summed E-state index contributed by atoms with van der Waals surface area (Å²) in [7, 11) is 0. The second-order valence-corrected chi connectivity index (χ2v) is 7.42. The summed E-state index contributed by atoms with van der Waals surface area (Å²) in [6.07, 6.45) is 11.2. The third-order valence-corrected chi connectivity index (χ3v) is 4.75. The minimum atomic E-state index is -0.846. The predicted molar refractivity (Wildman–Crippen MR) is 94.8 cm³/mol. The summed E-state index contributed by atoms with van der Waals surface area (Å²) in [5, 5.41) is 21.6. The van der Waals surface area contributed by atoms with Crippen LogP contribution >= 0.6 is 0 Å². The van der Waals surface area contributed by atoms with Crippen molar-refractivity contribution < 1.29 is 10.2 Å². The summed E-state index contributed by atoms with van der Waals surface area (Å²) < 4.78 is 0. The fraction of sp³-hybridized carbons (Fsp3) is 0.700. The number of hydrogen-bond acceptors (Lipinski definition) is 2. The van der Waals surface area contributed by atoms with Gasteiger partial charge in [-0.3, -0.25) is 0 Å². The number of rotatable bonds is 4. The summed E-state index contributed by atoms with van der Waals surface area (Å²) in [5.74, 6) is -0.116. The quantitative estimate of drug-likeness (QED) is 0.723. The second kappa shape index (κ2) is 8.69. The van der Waals surface area contributed by atoms with Gasteiger partial charge >= 0.3 is 0 Å². The highest BCUT2D eigenvalue weighted by atomic mass is 16.3. The van der Waals surface area contributed by atoms with Crippen LogP contribution in [-0.2, 0) is 0 Å². The van der Waals surface area contributed by atoms with E-state index in [1.165, 1.54) is 16.7 Å². The van der Waals surface area contributed by atoms with Crippen molar-refractivity contribution in [1.82, 2.24) is 0 Å². The molecule has 1 aliphatic rings.